The zero-order valence-corrected chi connectivity index (χ0v) is 34.1. The van der Waals surface area contributed by atoms with Gasteiger partial charge in [0.15, 0.2) is 0 Å². The number of para-hydroxylation sites is 4. The number of carbonyl (C=O) groups excluding carboxylic acids is 2. The lowest BCUT2D eigenvalue weighted by molar-refractivity contribution is -0.191. The second kappa shape index (κ2) is 19.1. The smallest absolute Gasteiger partial charge is 0.420 e. The Morgan fingerprint density at radius 2 is 0.917 bits per heavy atom. The van der Waals surface area contributed by atoms with Crippen molar-refractivity contribution in [1.82, 2.24) is 19.8 Å². The zero-order chi connectivity index (χ0) is 41.3. The number of ether oxygens (including phenoxy) is 6. The van der Waals surface area contributed by atoms with Gasteiger partial charge in [0.2, 0.25) is 12.6 Å². The number of hydrogen-bond donors (Lipinski definition) is 2. The van der Waals surface area contributed by atoms with E-state index in [2.05, 4.69) is 41.7 Å². The second-order valence-corrected chi connectivity index (χ2v) is 14.9. The predicted molar refractivity (Wildman–Crippen MR) is 230 cm³/mol. The van der Waals surface area contributed by atoms with Gasteiger partial charge in [-0.3, -0.25) is 9.80 Å². The van der Waals surface area contributed by atoms with Crippen LogP contribution in [0.3, 0.4) is 0 Å². The molecule has 0 aliphatic carbocycles. The lowest BCUT2D eigenvalue weighted by Crippen LogP contribution is -2.47. The minimum absolute atomic E-state index is 0.324. The number of rotatable bonds is 16. The molecule has 2 fully saturated rings. The number of aromatic nitrogens is 2. The monoisotopic (exact) mass is 816 g/mol. The minimum Gasteiger partial charge on any atom is -0.495 e. The molecule has 2 aliphatic heterocycles. The molecule has 0 spiro atoms. The van der Waals surface area contributed by atoms with Gasteiger partial charge < -0.3 is 48.2 Å². The zero-order valence-electron chi connectivity index (χ0n) is 34.1. The summed E-state index contributed by atoms with van der Waals surface area (Å²) in [4.78, 5) is 42.9. The van der Waals surface area contributed by atoms with Crippen LogP contribution in [0.2, 0.25) is 0 Å². The number of hydrogen-bond acceptors (Lipinski definition) is 12. The van der Waals surface area contributed by atoms with Crippen molar-refractivity contribution in [2.45, 2.75) is 25.4 Å². The van der Waals surface area contributed by atoms with Crippen LogP contribution in [0.5, 0.6) is 23.0 Å². The van der Waals surface area contributed by atoms with Gasteiger partial charge in [0.05, 0.1) is 25.6 Å². The third-order valence-electron chi connectivity index (χ3n) is 11.2. The molecule has 2 unspecified atom stereocenters. The standard InChI is InChI=1S/C46H52N6O8/c1-55-41-13-5-3-11-37(41)51-29-25-49(26-30-51)23-19-43(57-39-15-7-9-35-33(39)17-21-47-35)59-45(53)46(54)60-44(58-40-16-8-10-36-34(40)18-22-48-36)20-24-50-27-31-52(32-28-50)38-12-4-6-14-42(38)56-2/h3-18,21-22,43-44,47-48H,19-20,23-32H2,1-2H3. The van der Waals surface area contributed by atoms with E-state index in [-0.39, 0.29) is 0 Å². The van der Waals surface area contributed by atoms with E-state index in [9.17, 15) is 9.59 Å². The van der Waals surface area contributed by atoms with E-state index in [0.717, 1.165) is 97.0 Å². The van der Waals surface area contributed by atoms with Crippen LogP contribution in [-0.4, -0.2) is 124 Å². The average molecular weight is 817 g/mol. The first-order chi connectivity index (χ1) is 29.4. The molecule has 60 heavy (non-hydrogen) atoms. The molecule has 2 atom stereocenters. The van der Waals surface area contributed by atoms with Crippen molar-refractivity contribution in [3.05, 3.63) is 109 Å². The number of benzene rings is 4. The number of piperazine rings is 2. The molecule has 14 heteroatoms. The molecule has 0 radical (unpaired) electrons. The van der Waals surface area contributed by atoms with Crippen LogP contribution >= 0.6 is 0 Å². The number of H-pyrrole nitrogens is 2. The third-order valence-corrected chi connectivity index (χ3v) is 11.2. The molecule has 0 amide bonds. The van der Waals surface area contributed by atoms with Gasteiger partial charge in [-0.1, -0.05) is 36.4 Å². The van der Waals surface area contributed by atoms with Crippen molar-refractivity contribution in [2.24, 2.45) is 0 Å². The Labute approximate surface area is 349 Å². The number of nitrogens with zero attached hydrogens (tertiary/aromatic N) is 4. The average Bonchev–Trinajstić information content (AvgIpc) is 3.99. The Hall–Kier alpha value is -6.38. The van der Waals surface area contributed by atoms with Gasteiger partial charge in [0, 0.05) is 112 Å². The number of methoxy groups -OCH3 is 2. The SMILES string of the molecule is COc1ccccc1N1CCN(CCC(OC(=O)C(=O)OC(CCN2CCN(c3ccccc3OC)CC2)Oc2cccc3[nH]ccc23)Oc2cccc3[nH]ccc23)CC1. The van der Waals surface area contributed by atoms with Crippen LogP contribution in [0.1, 0.15) is 12.8 Å². The van der Waals surface area contributed by atoms with E-state index in [1.54, 1.807) is 14.2 Å². The molecule has 8 rings (SSSR count). The van der Waals surface area contributed by atoms with Gasteiger partial charge in [0.1, 0.15) is 23.0 Å². The molecule has 2 N–H and O–H groups in total. The fourth-order valence-electron chi connectivity index (χ4n) is 8.00. The molecule has 14 nitrogen and oxygen atoms in total. The van der Waals surface area contributed by atoms with Crippen molar-refractivity contribution >= 4 is 45.1 Å². The van der Waals surface area contributed by atoms with E-state index in [4.69, 9.17) is 28.4 Å². The second-order valence-electron chi connectivity index (χ2n) is 14.9. The number of fused-ring (bicyclic) bond motifs is 2. The first-order valence-electron chi connectivity index (χ1n) is 20.5. The molecule has 2 aliphatic rings. The fourth-order valence-corrected chi connectivity index (χ4v) is 8.00. The molecule has 4 aromatic carbocycles. The lowest BCUT2D eigenvalue weighted by Gasteiger charge is -2.37. The predicted octanol–water partition coefficient (Wildman–Crippen LogP) is 6.29. The molecule has 0 saturated carbocycles. The highest BCUT2D eigenvalue weighted by molar-refractivity contribution is 6.29. The molecular formula is C46H52N6O8. The molecule has 0 bridgehead atoms. The number of nitrogens with one attached hydrogen (secondary N) is 2. The summed E-state index contributed by atoms with van der Waals surface area (Å²) in [6.45, 7) is 7.51. The van der Waals surface area contributed by atoms with E-state index in [1.807, 2.05) is 97.3 Å². The van der Waals surface area contributed by atoms with Crippen molar-refractivity contribution in [1.29, 1.82) is 0 Å². The summed E-state index contributed by atoms with van der Waals surface area (Å²) in [5, 5.41) is 1.67. The molecule has 4 heterocycles. The minimum atomic E-state index is -1.15. The number of aromatic amines is 2. The highest BCUT2D eigenvalue weighted by Gasteiger charge is 2.30. The van der Waals surface area contributed by atoms with Crippen LogP contribution in [-0.2, 0) is 19.1 Å². The Kier molecular flexibility index (Phi) is 12.9. The van der Waals surface area contributed by atoms with Crippen molar-refractivity contribution in [3.8, 4) is 23.0 Å². The van der Waals surface area contributed by atoms with Gasteiger partial charge in [-0.2, -0.15) is 0 Å². The Morgan fingerprint density at radius 1 is 0.517 bits per heavy atom. The summed E-state index contributed by atoms with van der Waals surface area (Å²) in [5.74, 6) is 0.450. The van der Waals surface area contributed by atoms with E-state index in [0.29, 0.717) is 37.4 Å². The summed E-state index contributed by atoms with van der Waals surface area (Å²) in [7, 11) is 3.37. The third kappa shape index (κ3) is 9.56. The van der Waals surface area contributed by atoms with Gasteiger partial charge in [-0.25, -0.2) is 9.59 Å². The van der Waals surface area contributed by atoms with Crippen LogP contribution in [0.25, 0.3) is 21.8 Å². The van der Waals surface area contributed by atoms with Gasteiger partial charge in [-0.05, 0) is 60.7 Å². The Bertz CT molecular complexity index is 2180. The highest BCUT2D eigenvalue weighted by atomic mass is 16.7. The van der Waals surface area contributed by atoms with Crippen molar-refractivity contribution in [3.63, 3.8) is 0 Å². The van der Waals surface area contributed by atoms with Crippen LogP contribution in [0.15, 0.2) is 109 Å². The van der Waals surface area contributed by atoms with Gasteiger partial charge in [0.25, 0.3) is 0 Å². The van der Waals surface area contributed by atoms with Gasteiger partial charge in [-0.15, -0.1) is 0 Å². The lowest BCUT2D eigenvalue weighted by atomic mass is 10.2. The largest absolute Gasteiger partial charge is 0.495 e. The quantitative estimate of drug-likeness (QED) is 0.0647. The van der Waals surface area contributed by atoms with Crippen LogP contribution < -0.4 is 28.7 Å². The number of anilines is 2. The van der Waals surface area contributed by atoms with Gasteiger partial charge >= 0.3 is 11.9 Å². The highest BCUT2D eigenvalue weighted by Crippen LogP contribution is 2.31. The molecular weight excluding hydrogens is 765 g/mol. The van der Waals surface area contributed by atoms with E-state index >= 15 is 0 Å². The summed E-state index contributed by atoms with van der Waals surface area (Å²) in [6, 6.07) is 31.1. The van der Waals surface area contributed by atoms with Crippen molar-refractivity contribution in [2.75, 3.05) is 89.5 Å². The molecule has 314 valence electrons. The summed E-state index contributed by atoms with van der Waals surface area (Å²) < 4.78 is 35.6. The van der Waals surface area contributed by atoms with Crippen LogP contribution in [0, 0.1) is 0 Å². The molecule has 2 saturated heterocycles. The summed E-state index contributed by atoms with van der Waals surface area (Å²) in [5.41, 5.74) is 3.88. The topological polar surface area (TPSA) is 134 Å². The van der Waals surface area contributed by atoms with Crippen LogP contribution in [0.4, 0.5) is 11.4 Å². The Morgan fingerprint density at radius 3 is 1.33 bits per heavy atom. The normalized spacial score (nSPS) is 16.0. The Balaban J connectivity index is 0.923. The number of carbonyl (C=O) groups is 2. The maximum atomic E-state index is 13.7. The first kappa shape index (κ1) is 40.4. The van der Waals surface area contributed by atoms with Crippen molar-refractivity contribution < 1.29 is 38.0 Å². The van der Waals surface area contributed by atoms with E-state index in [1.165, 1.54) is 0 Å². The first-order valence-corrected chi connectivity index (χ1v) is 20.5. The molecule has 6 aromatic rings. The summed E-state index contributed by atoms with van der Waals surface area (Å²) in [6.07, 6.45) is 2.17. The van der Waals surface area contributed by atoms with E-state index < -0.39 is 24.5 Å². The number of esters is 2. The maximum absolute atomic E-state index is 13.7. The fraction of sp³-hybridized carbons (Fsp3) is 0.348. The maximum Gasteiger partial charge on any atom is 0.420 e. The summed E-state index contributed by atoms with van der Waals surface area (Å²) >= 11 is 0. The molecule has 2 aromatic heterocycles.